The number of fused-ring (bicyclic) bond motifs is 1. The van der Waals surface area contributed by atoms with E-state index in [1.54, 1.807) is 0 Å². The molecule has 5 heteroatoms. The van der Waals surface area contributed by atoms with Crippen molar-refractivity contribution < 1.29 is 9.59 Å². The first-order valence-electron chi connectivity index (χ1n) is 9.17. The lowest BCUT2D eigenvalue weighted by atomic mass is 10.0. The van der Waals surface area contributed by atoms with Crippen molar-refractivity contribution in [1.82, 2.24) is 9.80 Å². The van der Waals surface area contributed by atoms with E-state index in [4.69, 9.17) is 0 Å². The van der Waals surface area contributed by atoms with E-state index >= 15 is 0 Å². The minimum Gasteiger partial charge on any atom is -0.336 e. The van der Waals surface area contributed by atoms with Gasteiger partial charge in [-0.15, -0.1) is 0 Å². The van der Waals surface area contributed by atoms with Crippen LogP contribution in [0.4, 0.5) is 5.69 Å². The number of piperazine rings is 1. The van der Waals surface area contributed by atoms with Gasteiger partial charge in [0, 0.05) is 50.4 Å². The number of hydrogen-bond acceptors (Lipinski definition) is 3. The Morgan fingerprint density at radius 2 is 1.73 bits per heavy atom. The Bertz CT molecular complexity index is 811. The summed E-state index contributed by atoms with van der Waals surface area (Å²) in [5.74, 6) is 0.0728. The maximum absolute atomic E-state index is 12.8. The molecule has 2 heterocycles. The fraction of sp³-hybridized carbons (Fsp3) is 0.333. The molecule has 0 aromatic heterocycles. The molecule has 4 rings (SSSR count). The average Bonchev–Trinajstić information content (AvgIpc) is 2.68. The van der Waals surface area contributed by atoms with Crippen molar-refractivity contribution >= 4 is 17.5 Å². The molecule has 2 amide bonds. The molecule has 1 fully saturated rings. The van der Waals surface area contributed by atoms with Crippen molar-refractivity contribution in [3.63, 3.8) is 0 Å². The molecule has 2 aliphatic heterocycles. The second-order valence-electron chi connectivity index (χ2n) is 6.97. The number of anilines is 1. The van der Waals surface area contributed by atoms with E-state index in [0.29, 0.717) is 12.0 Å². The highest BCUT2D eigenvalue weighted by Gasteiger charge is 2.23. The first kappa shape index (κ1) is 16.8. The maximum atomic E-state index is 12.8. The predicted octanol–water partition coefficient (Wildman–Crippen LogP) is 2.53. The maximum Gasteiger partial charge on any atom is 0.254 e. The summed E-state index contributed by atoms with van der Waals surface area (Å²) < 4.78 is 0. The molecule has 0 unspecified atom stereocenters. The molecule has 0 spiro atoms. The van der Waals surface area contributed by atoms with E-state index in [2.05, 4.69) is 34.5 Å². The highest BCUT2D eigenvalue weighted by atomic mass is 16.2. The smallest absolute Gasteiger partial charge is 0.254 e. The molecule has 2 aliphatic rings. The number of hydrogen-bond donors (Lipinski definition) is 1. The van der Waals surface area contributed by atoms with Crippen molar-refractivity contribution in [3.8, 4) is 0 Å². The molecular weight excluding hydrogens is 326 g/mol. The Morgan fingerprint density at radius 1 is 0.962 bits per heavy atom. The number of nitrogens with one attached hydrogen (secondary N) is 1. The van der Waals surface area contributed by atoms with Crippen LogP contribution in [0.2, 0.25) is 0 Å². The highest BCUT2D eigenvalue weighted by Crippen LogP contribution is 2.24. The standard InChI is InChI=1S/C21H23N3O2/c25-20-9-8-17-6-7-18(14-19(17)22-20)21(26)24-12-10-23(11-13-24)15-16-4-2-1-3-5-16/h1-7,14H,8-13,15H2,(H,22,25). The summed E-state index contributed by atoms with van der Waals surface area (Å²) in [7, 11) is 0. The van der Waals surface area contributed by atoms with E-state index < -0.39 is 0 Å². The average molecular weight is 349 g/mol. The summed E-state index contributed by atoms with van der Waals surface area (Å²) in [6, 6.07) is 16.1. The molecule has 0 saturated carbocycles. The Balaban J connectivity index is 1.38. The molecule has 5 nitrogen and oxygen atoms in total. The zero-order valence-electron chi connectivity index (χ0n) is 14.8. The molecule has 2 aromatic rings. The van der Waals surface area contributed by atoms with Gasteiger partial charge in [0.25, 0.3) is 5.91 Å². The van der Waals surface area contributed by atoms with Gasteiger partial charge in [-0.25, -0.2) is 0 Å². The topological polar surface area (TPSA) is 52.7 Å². The number of rotatable bonds is 3. The molecular formula is C21H23N3O2. The third kappa shape index (κ3) is 3.63. The van der Waals surface area contributed by atoms with E-state index in [1.807, 2.05) is 29.2 Å². The summed E-state index contributed by atoms with van der Waals surface area (Å²) in [5, 5.41) is 2.87. The van der Waals surface area contributed by atoms with Crippen LogP contribution in [0.1, 0.15) is 27.9 Å². The van der Waals surface area contributed by atoms with Gasteiger partial charge in [-0.3, -0.25) is 14.5 Å². The van der Waals surface area contributed by atoms with Crippen LogP contribution in [0.5, 0.6) is 0 Å². The van der Waals surface area contributed by atoms with Gasteiger partial charge in [0.15, 0.2) is 0 Å². The molecule has 0 bridgehead atoms. The minimum atomic E-state index is 0.0247. The fourth-order valence-corrected chi connectivity index (χ4v) is 3.64. The third-order valence-corrected chi connectivity index (χ3v) is 5.16. The van der Waals surface area contributed by atoms with Gasteiger partial charge in [-0.1, -0.05) is 36.4 Å². The molecule has 0 aliphatic carbocycles. The van der Waals surface area contributed by atoms with Gasteiger partial charge in [0.1, 0.15) is 0 Å². The summed E-state index contributed by atoms with van der Waals surface area (Å²) >= 11 is 0. The summed E-state index contributed by atoms with van der Waals surface area (Å²) in [5.41, 5.74) is 3.85. The molecule has 26 heavy (non-hydrogen) atoms. The number of carbonyl (C=O) groups is 2. The van der Waals surface area contributed by atoms with E-state index in [1.165, 1.54) is 5.56 Å². The number of benzene rings is 2. The predicted molar refractivity (Wildman–Crippen MR) is 101 cm³/mol. The van der Waals surface area contributed by atoms with Gasteiger partial charge in [-0.05, 0) is 29.7 Å². The summed E-state index contributed by atoms with van der Waals surface area (Å²) in [6.45, 7) is 4.14. The van der Waals surface area contributed by atoms with Gasteiger partial charge in [0.05, 0.1) is 0 Å². The van der Waals surface area contributed by atoms with Crippen molar-refractivity contribution in [2.45, 2.75) is 19.4 Å². The zero-order valence-corrected chi connectivity index (χ0v) is 14.8. The first-order valence-corrected chi connectivity index (χ1v) is 9.17. The number of carbonyl (C=O) groups excluding carboxylic acids is 2. The number of aryl methyl sites for hydroxylation is 1. The van der Waals surface area contributed by atoms with Crippen LogP contribution < -0.4 is 5.32 Å². The van der Waals surface area contributed by atoms with Gasteiger partial charge < -0.3 is 10.2 Å². The zero-order chi connectivity index (χ0) is 17.9. The second-order valence-corrected chi connectivity index (χ2v) is 6.97. The summed E-state index contributed by atoms with van der Waals surface area (Å²) in [4.78, 5) is 28.7. The van der Waals surface area contributed by atoms with Gasteiger partial charge in [0.2, 0.25) is 5.91 Å². The van der Waals surface area contributed by atoms with E-state index in [-0.39, 0.29) is 11.8 Å². The molecule has 0 radical (unpaired) electrons. The van der Waals surface area contributed by atoms with Crippen LogP contribution in [0.15, 0.2) is 48.5 Å². The summed E-state index contributed by atoms with van der Waals surface area (Å²) in [6.07, 6.45) is 1.26. The monoisotopic (exact) mass is 349 g/mol. The lowest BCUT2D eigenvalue weighted by Crippen LogP contribution is -2.48. The fourth-order valence-electron chi connectivity index (χ4n) is 3.64. The van der Waals surface area contributed by atoms with Crippen LogP contribution >= 0.6 is 0 Å². The number of nitrogens with zero attached hydrogens (tertiary/aromatic N) is 2. The largest absolute Gasteiger partial charge is 0.336 e. The van der Waals surface area contributed by atoms with Crippen molar-refractivity contribution in [1.29, 1.82) is 0 Å². The van der Waals surface area contributed by atoms with Gasteiger partial charge in [-0.2, -0.15) is 0 Å². The van der Waals surface area contributed by atoms with Crippen molar-refractivity contribution in [3.05, 3.63) is 65.2 Å². The Kier molecular flexibility index (Phi) is 4.71. The third-order valence-electron chi connectivity index (χ3n) is 5.16. The number of amides is 2. The van der Waals surface area contributed by atoms with Crippen LogP contribution in [0.25, 0.3) is 0 Å². The SMILES string of the molecule is O=C1CCc2ccc(C(=O)N3CCN(Cc4ccccc4)CC3)cc2N1. The Hall–Kier alpha value is -2.66. The Labute approximate surface area is 153 Å². The van der Waals surface area contributed by atoms with Gasteiger partial charge >= 0.3 is 0 Å². The van der Waals surface area contributed by atoms with Crippen LogP contribution in [-0.2, 0) is 17.8 Å². The first-order chi connectivity index (χ1) is 12.7. The molecule has 2 aromatic carbocycles. The van der Waals surface area contributed by atoms with Crippen LogP contribution in [0, 0.1) is 0 Å². The Morgan fingerprint density at radius 3 is 2.50 bits per heavy atom. The highest BCUT2D eigenvalue weighted by molar-refractivity contribution is 5.99. The van der Waals surface area contributed by atoms with E-state index in [0.717, 1.165) is 50.4 Å². The van der Waals surface area contributed by atoms with Crippen LogP contribution in [0.3, 0.4) is 0 Å². The minimum absolute atomic E-state index is 0.0247. The molecule has 0 atom stereocenters. The van der Waals surface area contributed by atoms with E-state index in [9.17, 15) is 9.59 Å². The lowest BCUT2D eigenvalue weighted by molar-refractivity contribution is -0.116. The van der Waals surface area contributed by atoms with Crippen LogP contribution in [-0.4, -0.2) is 47.8 Å². The van der Waals surface area contributed by atoms with Crippen molar-refractivity contribution in [2.24, 2.45) is 0 Å². The quantitative estimate of drug-likeness (QED) is 0.926. The molecule has 1 saturated heterocycles. The van der Waals surface area contributed by atoms with Crippen molar-refractivity contribution in [2.75, 3.05) is 31.5 Å². The molecule has 134 valence electrons. The second kappa shape index (κ2) is 7.30. The lowest BCUT2D eigenvalue weighted by Gasteiger charge is -2.35. The molecule has 1 N–H and O–H groups in total. The normalized spacial score (nSPS) is 17.5.